The Balaban J connectivity index is 2.25. The molecule has 1 aliphatic rings. The Hall–Kier alpha value is -1.19. The minimum Gasteiger partial charge on any atom is -0.382 e. The van der Waals surface area contributed by atoms with E-state index in [0.29, 0.717) is 11.9 Å². The molecule has 1 aromatic heterocycles. The van der Waals surface area contributed by atoms with Gasteiger partial charge in [-0.15, -0.1) is 0 Å². The smallest absolute Gasteiger partial charge is 0.171 e. The number of nitrogen functional groups attached to an aromatic ring is 1. The highest BCUT2D eigenvalue weighted by atomic mass is 15.3. The molecule has 0 amide bonds. The number of anilines is 2. The fourth-order valence-corrected chi connectivity index (χ4v) is 1.68. The summed E-state index contributed by atoms with van der Waals surface area (Å²) >= 11 is 0. The Kier molecular flexibility index (Phi) is 1.90. The lowest BCUT2D eigenvalue weighted by Gasteiger charge is -2.19. The van der Waals surface area contributed by atoms with Crippen molar-refractivity contribution in [2.75, 3.05) is 17.2 Å². The van der Waals surface area contributed by atoms with Crippen molar-refractivity contribution in [2.45, 2.75) is 32.7 Å². The molecule has 1 aliphatic carbocycles. The van der Waals surface area contributed by atoms with E-state index in [-0.39, 0.29) is 0 Å². The topological polar surface area (TPSA) is 57.9 Å². The number of imidazole rings is 1. The lowest BCUT2D eigenvalue weighted by molar-refractivity contribution is 0.812. The van der Waals surface area contributed by atoms with E-state index in [4.69, 9.17) is 5.73 Å². The number of nitrogens with zero attached hydrogens (tertiary/aromatic N) is 2. The molecule has 3 N–H and O–H groups in total. The van der Waals surface area contributed by atoms with Crippen LogP contribution in [0.4, 0.5) is 11.6 Å². The van der Waals surface area contributed by atoms with Gasteiger partial charge in [-0.2, -0.15) is 0 Å². The van der Waals surface area contributed by atoms with Crippen molar-refractivity contribution in [3.05, 3.63) is 5.82 Å². The van der Waals surface area contributed by atoms with Crippen LogP contribution in [0.25, 0.3) is 0 Å². The molecular formula is C9H16N4. The van der Waals surface area contributed by atoms with Crippen LogP contribution in [0.5, 0.6) is 0 Å². The molecule has 0 saturated heterocycles. The summed E-state index contributed by atoms with van der Waals surface area (Å²) in [5.74, 6) is 2.53. The molecule has 1 saturated carbocycles. The van der Waals surface area contributed by atoms with Crippen molar-refractivity contribution >= 4 is 11.6 Å². The first-order valence-corrected chi connectivity index (χ1v) is 4.81. The third-order valence-electron chi connectivity index (χ3n) is 2.43. The zero-order valence-corrected chi connectivity index (χ0v) is 8.17. The first-order chi connectivity index (χ1) is 6.22. The molecule has 0 spiro atoms. The normalized spacial score (nSPS) is 16.2. The average Bonchev–Trinajstić information content (AvgIpc) is 2.82. The van der Waals surface area contributed by atoms with Gasteiger partial charge in [-0.1, -0.05) is 0 Å². The molecule has 1 fully saturated rings. The summed E-state index contributed by atoms with van der Waals surface area (Å²) in [6, 6.07) is 0.676. The summed E-state index contributed by atoms with van der Waals surface area (Å²) in [6.07, 6.45) is 2.55. The highest BCUT2D eigenvalue weighted by molar-refractivity contribution is 5.60. The van der Waals surface area contributed by atoms with Crippen LogP contribution in [0.1, 0.15) is 25.6 Å². The van der Waals surface area contributed by atoms with E-state index >= 15 is 0 Å². The number of aromatic nitrogens is 2. The fraction of sp³-hybridized carbons (Fsp3) is 0.667. The second-order valence-corrected chi connectivity index (χ2v) is 3.58. The van der Waals surface area contributed by atoms with E-state index in [0.717, 1.165) is 18.2 Å². The van der Waals surface area contributed by atoms with Gasteiger partial charge in [0.25, 0.3) is 0 Å². The van der Waals surface area contributed by atoms with Gasteiger partial charge in [0, 0.05) is 12.6 Å². The molecule has 0 atom stereocenters. The van der Waals surface area contributed by atoms with Gasteiger partial charge in [-0.3, -0.25) is 0 Å². The van der Waals surface area contributed by atoms with E-state index in [1.165, 1.54) is 12.8 Å². The number of hydrogen-bond donors (Lipinski definition) is 2. The second kappa shape index (κ2) is 2.94. The number of aromatic amines is 1. The van der Waals surface area contributed by atoms with Crippen molar-refractivity contribution in [3.63, 3.8) is 0 Å². The molecule has 0 unspecified atom stereocenters. The zero-order valence-electron chi connectivity index (χ0n) is 8.17. The van der Waals surface area contributed by atoms with E-state index in [2.05, 4.69) is 21.8 Å². The highest BCUT2D eigenvalue weighted by Crippen LogP contribution is 2.32. The van der Waals surface area contributed by atoms with Crippen LogP contribution in [-0.4, -0.2) is 22.6 Å². The van der Waals surface area contributed by atoms with E-state index in [1.54, 1.807) is 0 Å². The first-order valence-electron chi connectivity index (χ1n) is 4.81. The summed E-state index contributed by atoms with van der Waals surface area (Å²) in [5.41, 5.74) is 5.82. The monoisotopic (exact) mass is 180 g/mol. The van der Waals surface area contributed by atoms with E-state index in [9.17, 15) is 0 Å². The fourth-order valence-electron chi connectivity index (χ4n) is 1.68. The number of aryl methyl sites for hydroxylation is 1. The first kappa shape index (κ1) is 8.41. The Bertz CT molecular complexity index is 301. The Morgan fingerprint density at radius 2 is 2.31 bits per heavy atom. The molecular weight excluding hydrogens is 164 g/mol. The maximum atomic E-state index is 5.82. The van der Waals surface area contributed by atoms with Gasteiger partial charge in [0.05, 0.1) is 0 Å². The molecule has 0 aliphatic heterocycles. The van der Waals surface area contributed by atoms with Gasteiger partial charge in [0.2, 0.25) is 0 Å². The predicted octanol–water partition coefficient (Wildman–Crippen LogP) is 1.29. The van der Waals surface area contributed by atoms with Crippen molar-refractivity contribution < 1.29 is 0 Å². The van der Waals surface area contributed by atoms with Crippen LogP contribution in [0, 0.1) is 6.92 Å². The molecule has 1 heterocycles. The van der Waals surface area contributed by atoms with Crippen LogP contribution in [0.2, 0.25) is 0 Å². The molecule has 4 heteroatoms. The van der Waals surface area contributed by atoms with Crippen LogP contribution >= 0.6 is 0 Å². The third kappa shape index (κ3) is 1.48. The third-order valence-corrected chi connectivity index (χ3v) is 2.43. The lowest BCUT2D eigenvalue weighted by atomic mass is 10.4. The Labute approximate surface area is 78.1 Å². The number of H-pyrrole nitrogens is 1. The lowest BCUT2D eigenvalue weighted by Crippen LogP contribution is -2.26. The molecule has 0 aromatic carbocycles. The molecule has 72 valence electrons. The summed E-state index contributed by atoms with van der Waals surface area (Å²) in [7, 11) is 0. The molecule has 0 radical (unpaired) electrons. The predicted molar refractivity (Wildman–Crippen MR) is 53.8 cm³/mol. The highest BCUT2D eigenvalue weighted by Gasteiger charge is 2.30. The second-order valence-electron chi connectivity index (χ2n) is 3.58. The maximum absolute atomic E-state index is 5.82. The Morgan fingerprint density at radius 1 is 1.62 bits per heavy atom. The van der Waals surface area contributed by atoms with Crippen LogP contribution < -0.4 is 10.6 Å². The molecule has 0 bridgehead atoms. The number of hydrogen-bond acceptors (Lipinski definition) is 3. The molecule has 2 rings (SSSR count). The molecule has 13 heavy (non-hydrogen) atoms. The van der Waals surface area contributed by atoms with Crippen LogP contribution in [0.3, 0.4) is 0 Å². The van der Waals surface area contributed by atoms with Gasteiger partial charge in [-0.05, 0) is 26.7 Å². The minimum absolute atomic E-state index is 0.676. The quantitative estimate of drug-likeness (QED) is 0.737. The SMILES string of the molecule is CCN(c1nc(C)[nH]c1N)C1CC1. The van der Waals surface area contributed by atoms with Gasteiger partial charge in [0.15, 0.2) is 5.82 Å². The summed E-state index contributed by atoms with van der Waals surface area (Å²) in [6.45, 7) is 5.06. The van der Waals surface area contributed by atoms with Crippen LogP contribution in [-0.2, 0) is 0 Å². The average molecular weight is 180 g/mol. The van der Waals surface area contributed by atoms with Gasteiger partial charge >= 0.3 is 0 Å². The van der Waals surface area contributed by atoms with Gasteiger partial charge in [-0.25, -0.2) is 4.98 Å². The molecule has 1 aromatic rings. The number of rotatable bonds is 3. The summed E-state index contributed by atoms with van der Waals surface area (Å²) in [5, 5.41) is 0. The maximum Gasteiger partial charge on any atom is 0.171 e. The number of nitrogens with one attached hydrogen (secondary N) is 1. The summed E-state index contributed by atoms with van der Waals surface area (Å²) in [4.78, 5) is 9.69. The van der Waals surface area contributed by atoms with E-state index in [1.807, 2.05) is 6.92 Å². The Morgan fingerprint density at radius 3 is 2.69 bits per heavy atom. The minimum atomic E-state index is 0.676. The van der Waals surface area contributed by atoms with Crippen molar-refractivity contribution in [1.29, 1.82) is 0 Å². The zero-order chi connectivity index (χ0) is 9.42. The van der Waals surface area contributed by atoms with Gasteiger partial charge < -0.3 is 15.6 Å². The van der Waals surface area contributed by atoms with Crippen molar-refractivity contribution in [2.24, 2.45) is 0 Å². The van der Waals surface area contributed by atoms with Crippen molar-refractivity contribution in [3.8, 4) is 0 Å². The standard InChI is InChI=1S/C9H16N4/c1-3-13(7-4-5-7)9-8(10)11-6(2)12-9/h7H,3-5,10H2,1-2H3,(H,11,12). The summed E-state index contributed by atoms with van der Waals surface area (Å²) < 4.78 is 0. The van der Waals surface area contributed by atoms with E-state index < -0.39 is 0 Å². The number of nitrogens with two attached hydrogens (primary N) is 1. The van der Waals surface area contributed by atoms with Crippen molar-refractivity contribution in [1.82, 2.24) is 9.97 Å². The van der Waals surface area contributed by atoms with Gasteiger partial charge in [0.1, 0.15) is 11.6 Å². The largest absolute Gasteiger partial charge is 0.382 e. The van der Waals surface area contributed by atoms with Crippen LogP contribution in [0.15, 0.2) is 0 Å². The molecule has 4 nitrogen and oxygen atoms in total.